The Morgan fingerprint density at radius 2 is 2.00 bits per heavy atom. The van der Waals surface area contributed by atoms with Crippen molar-refractivity contribution in [2.45, 2.75) is 46.0 Å². The Bertz CT molecular complexity index is 832. The molecular weight excluding hydrogens is 312 g/mol. The number of nitrogens with one attached hydrogen (secondary N) is 2. The fourth-order valence-electron chi connectivity index (χ4n) is 3.55. The fourth-order valence-corrected chi connectivity index (χ4v) is 3.55. The predicted molar refractivity (Wildman–Crippen MR) is 98.9 cm³/mol. The van der Waals surface area contributed by atoms with E-state index in [1.807, 2.05) is 6.92 Å². The third kappa shape index (κ3) is 4.08. The lowest BCUT2D eigenvalue weighted by molar-refractivity contribution is 0.253. The second-order valence-corrected chi connectivity index (χ2v) is 7.03. The molecule has 1 aliphatic carbocycles. The van der Waals surface area contributed by atoms with Crippen LogP contribution < -0.4 is 10.9 Å². The fraction of sp³-hybridized carbons (Fsp3) is 0.450. The Hall–Kier alpha value is -2.61. The van der Waals surface area contributed by atoms with Crippen molar-refractivity contribution in [3.63, 3.8) is 0 Å². The van der Waals surface area contributed by atoms with Gasteiger partial charge in [-0.15, -0.1) is 0 Å². The van der Waals surface area contributed by atoms with Crippen LogP contribution in [0.2, 0.25) is 0 Å². The van der Waals surface area contributed by atoms with Crippen LogP contribution in [0.4, 0.5) is 11.6 Å². The summed E-state index contributed by atoms with van der Waals surface area (Å²) in [7, 11) is 0. The summed E-state index contributed by atoms with van der Waals surface area (Å²) in [5.41, 5.74) is 2.90. The molecule has 0 radical (unpaired) electrons. The van der Waals surface area contributed by atoms with Gasteiger partial charge >= 0.3 is 0 Å². The van der Waals surface area contributed by atoms with Gasteiger partial charge in [-0.2, -0.15) is 5.26 Å². The maximum Gasteiger partial charge on any atom is 0.255 e. The van der Waals surface area contributed by atoms with Crippen molar-refractivity contribution in [2.24, 2.45) is 11.8 Å². The van der Waals surface area contributed by atoms with E-state index >= 15 is 0 Å². The van der Waals surface area contributed by atoms with Gasteiger partial charge in [0, 0.05) is 11.3 Å². The molecule has 2 N–H and O–H groups in total. The highest BCUT2D eigenvalue weighted by molar-refractivity contribution is 5.55. The van der Waals surface area contributed by atoms with Gasteiger partial charge in [-0.3, -0.25) is 9.78 Å². The maximum absolute atomic E-state index is 12.3. The Balaban J connectivity index is 1.82. The van der Waals surface area contributed by atoms with Crippen molar-refractivity contribution in [1.29, 1.82) is 5.26 Å². The first kappa shape index (κ1) is 17.2. The summed E-state index contributed by atoms with van der Waals surface area (Å²) in [5, 5.41) is 12.0. The smallest absolute Gasteiger partial charge is 0.255 e. The lowest BCUT2D eigenvalue weighted by Gasteiger charge is -2.28. The molecule has 130 valence electrons. The highest BCUT2D eigenvalue weighted by Crippen LogP contribution is 2.32. The molecule has 2 aromatic rings. The Kier molecular flexibility index (Phi) is 5.18. The lowest BCUT2D eigenvalue weighted by Crippen LogP contribution is -2.23. The van der Waals surface area contributed by atoms with E-state index in [9.17, 15) is 4.79 Å². The molecule has 0 spiro atoms. The minimum atomic E-state index is -0.0930. The van der Waals surface area contributed by atoms with E-state index in [-0.39, 0.29) is 5.56 Å². The van der Waals surface area contributed by atoms with Crippen LogP contribution >= 0.6 is 0 Å². The van der Waals surface area contributed by atoms with Gasteiger partial charge in [-0.25, -0.2) is 4.98 Å². The molecule has 5 nitrogen and oxygen atoms in total. The molecular formula is C20H24N4O. The van der Waals surface area contributed by atoms with Gasteiger partial charge in [0.25, 0.3) is 5.56 Å². The van der Waals surface area contributed by atoms with Gasteiger partial charge in [0.2, 0.25) is 5.95 Å². The van der Waals surface area contributed by atoms with Crippen LogP contribution in [-0.4, -0.2) is 9.97 Å². The topological polar surface area (TPSA) is 81.6 Å². The average molecular weight is 336 g/mol. The van der Waals surface area contributed by atoms with Crippen LogP contribution in [0.5, 0.6) is 0 Å². The molecule has 5 heteroatoms. The van der Waals surface area contributed by atoms with Gasteiger partial charge in [0.15, 0.2) is 0 Å². The van der Waals surface area contributed by atoms with Crippen molar-refractivity contribution >= 4 is 11.6 Å². The van der Waals surface area contributed by atoms with Gasteiger partial charge in [-0.1, -0.05) is 26.2 Å². The first-order valence-electron chi connectivity index (χ1n) is 8.94. The predicted octanol–water partition coefficient (Wildman–Crippen LogP) is 4.06. The van der Waals surface area contributed by atoms with E-state index < -0.39 is 0 Å². The largest absolute Gasteiger partial charge is 0.326 e. The molecule has 1 aromatic carbocycles. The zero-order valence-corrected chi connectivity index (χ0v) is 14.8. The van der Waals surface area contributed by atoms with Crippen LogP contribution in [0.25, 0.3) is 0 Å². The number of anilines is 2. The van der Waals surface area contributed by atoms with Gasteiger partial charge in [0.1, 0.15) is 0 Å². The Morgan fingerprint density at radius 3 is 2.68 bits per heavy atom. The molecule has 3 rings (SSSR count). The molecule has 0 bridgehead atoms. The standard InChI is InChI=1S/C20H24N4O/c1-13-5-3-4-6-16(13)11-18-14(2)19(25)24-20(23-18)22-17-9-7-15(12-21)8-10-17/h7-10,13,16H,3-6,11H2,1-2H3,(H2,22,23,24,25). The van der Waals surface area contributed by atoms with Crippen molar-refractivity contribution in [3.05, 3.63) is 51.4 Å². The second-order valence-electron chi connectivity index (χ2n) is 7.03. The quantitative estimate of drug-likeness (QED) is 0.882. The average Bonchev–Trinajstić information content (AvgIpc) is 2.62. The first-order chi connectivity index (χ1) is 12.1. The minimum absolute atomic E-state index is 0.0930. The summed E-state index contributed by atoms with van der Waals surface area (Å²) in [5.74, 6) is 1.74. The summed E-state index contributed by atoms with van der Waals surface area (Å²) in [6, 6.07) is 9.18. The first-order valence-corrected chi connectivity index (χ1v) is 8.94. The number of hydrogen-bond donors (Lipinski definition) is 2. The van der Waals surface area contributed by atoms with E-state index in [0.717, 1.165) is 17.8 Å². The number of nitriles is 1. The molecule has 0 amide bonds. The summed E-state index contributed by atoms with van der Waals surface area (Å²) >= 11 is 0. The SMILES string of the molecule is Cc1c(CC2CCCCC2C)nc(Nc2ccc(C#N)cc2)[nH]c1=O. The van der Waals surface area contributed by atoms with Gasteiger partial charge < -0.3 is 5.32 Å². The zero-order chi connectivity index (χ0) is 17.8. The Labute approximate surface area is 148 Å². The molecule has 1 heterocycles. The third-order valence-corrected chi connectivity index (χ3v) is 5.27. The van der Waals surface area contributed by atoms with Crippen molar-refractivity contribution < 1.29 is 0 Å². The molecule has 25 heavy (non-hydrogen) atoms. The van der Waals surface area contributed by atoms with E-state index in [0.29, 0.717) is 28.9 Å². The number of hydrogen-bond acceptors (Lipinski definition) is 4. The minimum Gasteiger partial charge on any atom is -0.326 e. The van der Waals surface area contributed by atoms with Crippen molar-refractivity contribution in [1.82, 2.24) is 9.97 Å². The monoisotopic (exact) mass is 336 g/mol. The van der Waals surface area contributed by atoms with Crippen LogP contribution in [0, 0.1) is 30.1 Å². The molecule has 0 saturated heterocycles. The second kappa shape index (κ2) is 7.52. The van der Waals surface area contributed by atoms with Gasteiger partial charge in [0.05, 0.1) is 17.3 Å². The normalized spacial score (nSPS) is 20.0. The summed E-state index contributed by atoms with van der Waals surface area (Å²) < 4.78 is 0. The molecule has 0 aliphatic heterocycles. The number of aromatic nitrogens is 2. The van der Waals surface area contributed by atoms with E-state index in [4.69, 9.17) is 5.26 Å². The highest BCUT2D eigenvalue weighted by Gasteiger charge is 2.23. The molecule has 1 fully saturated rings. The highest BCUT2D eigenvalue weighted by atomic mass is 16.1. The summed E-state index contributed by atoms with van der Waals surface area (Å²) in [4.78, 5) is 19.8. The maximum atomic E-state index is 12.3. The number of aromatic amines is 1. The van der Waals surface area contributed by atoms with Gasteiger partial charge in [-0.05, 0) is 55.9 Å². The molecule has 1 aromatic heterocycles. The van der Waals surface area contributed by atoms with E-state index in [1.165, 1.54) is 25.7 Å². The number of benzene rings is 1. The number of H-pyrrole nitrogens is 1. The third-order valence-electron chi connectivity index (χ3n) is 5.27. The van der Waals surface area contributed by atoms with Crippen LogP contribution in [0.3, 0.4) is 0 Å². The molecule has 1 saturated carbocycles. The summed E-state index contributed by atoms with van der Waals surface area (Å²) in [6.45, 7) is 4.16. The van der Waals surface area contributed by atoms with E-state index in [2.05, 4.69) is 28.3 Å². The molecule has 1 aliphatic rings. The Morgan fingerprint density at radius 1 is 1.28 bits per heavy atom. The van der Waals surface area contributed by atoms with Crippen molar-refractivity contribution in [3.8, 4) is 6.07 Å². The van der Waals surface area contributed by atoms with Crippen molar-refractivity contribution in [2.75, 3.05) is 5.32 Å². The number of rotatable bonds is 4. The van der Waals surface area contributed by atoms with E-state index in [1.54, 1.807) is 24.3 Å². The number of nitrogens with zero attached hydrogens (tertiary/aromatic N) is 2. The van der Waals surface area contributed by atoms with Crippen LogP contribution in [-0.2, 0) is 6.42 Å². The lowest BCUT2D eigenvalue weighted by atomic mass is 9.78. The zero-order valence-electron chi connectivity index (χ0n) is 14.8. The van der Waals surface area contributed by atoms with Crippen LogP contribution in [0.15, 0.2) is 29.1 Å². The molecule has 2 atom stereocenters. The summed E-state index contributed by atoms with van der Waals surface area (Å²) in [6.07, 6.45) is 5.92. The van der Waals surface area contributed by atoms with Crippen LogP contribution in [0.1, 0.15) is 49.4 Å². The molecule has 2 unspecified atom stereocenters.